The predicted octanol–water partition coefficient (Wildman–Crippen LogP) is 17.5. The fourth-order valence-corrected chi connectivity index (χ4v) is 8.17. The van der Waals surface area contributed by atoms with Crippen LogP contribution in [0.25, 0.3) is 0 Å². The molecule has 2 atom stereocenters. The van der Waals surface area contributed by atoms with Crippen LogP contribution in [0.2, 0.25) is 0 Å². The van der Waals surface area contributed by atoms with Gasteiger partial charge in [-0.1, -0.05) is 238 Å². The largest absolute Gasteiger partial charge is 0.545 e. The standard InChI is InChI=1S/C69H115NO8/c1-6-8-10-12-14-16-18-20-21-22-23-24-25-26-27-28-29-30-31-32-33-34-35-36-37-38-39-40-41-42-43-44-45-46-47-48-50-52-54-56-58-60-67(72)78-65(64-77-69(68(73)74)75-62-61-70(3,4)5)63-76-66(71)59-57-55-53-51-49-19-17-15-13-11-9-7-2/h8,10,14-17,20-21,23-24,26-27,29-30,32-33,35-36,38-39,65,69H,6-7,9,11-13,18-19,22,25,28,31,34,37,40-64H2,1-5H3/b10-8-,16-14-,17-15-,21-20-,24-23-,27-26-,30-29-,33-32-,36-35-,39-38-. The maximum absolute atomic E-state index is 12.9. The highest BCUT2D eigenvalue weighted by Gasteiger charge is 2.22. The van der Waals surface area contributed by atoms with Crippen molar-refractivity contribution >= 4 is 17.9 Å². The van der Waals surface area contributed by atoms with Crippen molar-refractivity contribution in [1.82, 2.24) is 0 Å². The van der Waals surface area contributed by atoms with E-state index in [1.54, 1.807) is 0 Å². The number of carbonyl (C=O) groups is 3. The number of allylic oxidation sites excluding steroid dienone is 20. The van der Waals surface area contributed by atoms with E-state index in [2.05, 4.69) is 135 Å². The van der Waals surface area contributed by atoms with Gasteiger partial charge < -0.3 is 33.3 Å². The molecule has 0 aliphatic heterocycles. The lowest BCUT2D eigenvalue weighted by Crippen LogP contribution is -2.44. The van der Waals surface area contributed by atoms with Crippen molar-refractivity contribution in [3.05, 3.63) is 122 Å². The molecule has 0 aliphatic rings. The molecular weight excluding hydrogens is 971 g/mol. The lowest BCUT2D eigenvalue weighted by molar-refractivity contribution is -0.870. The van der Waals surface area contributed by atoms with Crippen molar-refractivity contribution in [2.24, 2.45) is 0 Å². The van der Waals surface area contributed by atoms with Crippen LogP contribution in [0.3, 0.4) is 0 Å². The van der Waals surface area contributed by atoms with Gasteiger partial charge in [-0.3, -0.25) is 9.59 Å². The molecule has 0 rings (SSSR count). The van der Waals surface area contributed by atoms with E-state index in [4.69, 9.17) is 18.9 Å². The minimum absolute atomic E-state index is 0.142. The average Bonchev–Trinajstić information content (AvgIpc) is 3.41. The first-order valence-electron chi connectivity index (χ1n) is 31.2. The van der Waals surface area contributed by atoms with Crippen LogP contribution in [0.5, 0.6) is 0 Å². The van der Waals surface area contributed by atoms with Crippen LogP contribution in [0.4, 0.5) is 0 Å². The molecule has 78 heavy (non-hydrogen) atoms. The van der Waals surface area contributed by atoms with Gasteiger partial charge in [-0.2, -0.15) is 0 Å². The number of hydrogen-bond acceptors (Lipinski definition) is 8. The third kappa shape index (κ3) is 59.4. The molecule has 0 amide bonds. The second-order valence-electron chi connectivity index (χ2n) is 21.6. The molecule has 0 saturated heterocycles. The molecule has 0 aromatic rings. The number of carboxylic acids is 1. The smallest absolute Gasteiger partial charge is 0.306 e. The normalized spacial score (nSPS) is 13.6. The van der Waals surface area contributed by atoms with Gasteiger partial charge in [0.2, 0.25) is 0 Å². The first kappa shape index (κ1) is 73.7. The highest BCUT2D eigenvalue weighted by atomic mass is 16.7. The molecule has 0 saturated carbocycles. The Balaban J connectivity index is 4.06. The zero-order valence-corrected chi connectivity index (χ0v) is 50.5. The number of hydrogen-bond donors (Lipinski definition) is 0. The lowest BCUT2D eigenvalue weighted by atomic mass is 10.0. The third-order valence-corrected chi connectivity index (χ3v) is 12.9. The fourth-order valence-electron chi connectivity index (χ4n) is 8.17. The van der Waals surface area contributed by atoms with Gasteiger partial charge in [-0.25, -0.2) is 0 Å². The minimum atomic E-state index is -1.63. The quantitative estimate of drug-likeness (QED) is 0.0195. The van der Waals surface area contributed by atoms with Gasteiger partial charge in [0.05, 0.1) is 40.3 Å². The number of unbranched alkanes of at least 4 members (excludes halogenated alkanes) is 21. The lowest BCUT2D eigenvalue weighted by Gasteiger charge is -2.26. The highest BCUT2D eigenvalue weighted by Crippen LogP contribution is 2.15. The van der Waals surface area contributed by atoms with E-state index in [1.807, 2.05) is 21.1 Å². The first-order chi connectivity index (χ1) is 38.1. The summed E-state index contributed by atoms with van der Waals surface area (Å²) in [5, 5.41) is 11.8. The predicted molar refractivity (Wildman–Crippen MR) is 329 cm³/mol. The Morgan fingerprint density at radius 3 is 1.10 bits per heavy atom. The highest BCUT2D eigenvalue weighted by molar-refractivity contribution is 5.70. The molecule has 0 N–H and O–H groups in total. The summed E-state index contributed by atoms with van der Waals surface area (Å²) in [4.78, 5) is 37.2. The number of carboxylic acid groups (broad SMARTS) is 1. The van der Waals surface area contributed by atoms with E-state index in [-0.39, 0.29) is 38.6 Å². The second kappa shape index (κ2) is 58.8. The summed E-state index contributed by atoms with van der Waals surface area (Å²) < 4.78 is 22.6. The zero-order valence-electron chi connectivity index (χ0n) is 50.5. The van der Waals surface area contributed by atoms with Crippen LogP contribution in [0.1, 0.15) is 239 Å². The number of nitrogens with zero attached hydrogens (tertiary/aromatic N) is 1. The Hall–Kier alpha value is -4.31. The summed E-state index contributed by atoms with van der Waals surface area (Å²) in [6.07, 6.45) is 79.9. The molecule has 9 nitrogen and oxygen atoms in total. The molecule has 2 unspecified atom stereocenters. The number of carbonyl (C=O) groups excluding carboxylic acids is 3. The minimum Gasteiger partial charge on any atom is -0.545 e. The molecule has 0 aromatic heterocycles. The summed E-state index contributed by atoms with van der Waals surface area (Å²) in [5.74, 6) is -2.30. The number of rotatable bonds is 56. The topological polar surface area (TPSA) is 111 Å². The zero-order chi connectivity index (χ0) is 56.9. The number of esters is 2. The second-order valence-corrected chi connectivity index (χ2v) is 21.6. The van der Waals surface area contributed by atoms with Crippen molar-refractivity contribution in [1.29, 1.82) is 0 Å². The summed E-state index contributed by atoms with van der Waals surface area (Å²) in [7, 11) is 5.91. The van der Waals surface area contributed by atoms with Crippen molar-refractivity contribution in [2.75, 3.05) is 47.5 Å². The molecule has 444 valence electrons. The molecule has 0 radical (unpaired) electrons. The number of likely N-dealkylation sites (N-methyl/N-ethyl adjacent to an activating group) is 1. The van der Waals surface area contributed by atoms with Crippen molar-refractivity contribution in [3.8, 4) is 0 Å². The van der Waals surface area contributed by atoms with Gasteiger partial charge in [0.1, 0.15) is 13.2 Å². The van der Waals surface area contributed by atoms with Crippen LogP contribution in [-0.4, -0.2) is 82.3 Å². The van der Waals surface area contributed by atoms with E-state index in [0.717, 1.165) is 116 Å². The van der Waals surface area contributed by atoms with E-state index in [1.165, 1.54) is 89.9 Å². The van der Waals surface area contributed by atoms with Gasteiger partial charge in [-0.05, 0) is 109 Å². The monoisotopic (exact) mass is 1090 g/mol. The molecule has 0 aromatic carbocycles. The van der Waals surface area contributed by atoms with Crippen molar-refractivity contribution in [3.63, 3.8) is 0 Å². The third-order valence-electron chi connectivity index (χ3n) is 12.9. The van der Waals surface area contributed by atoms with Crippen LogP contribution in [0, 0.1) is 0 Å². The number of aliphatic carboxylic acids is 1. The Labute approximate surface area is 478 Å². The maximum Gasteiger partial charge on any atom is 0.306 e. The molecule has 9 heteroatoms. The fraction of sp³-hybridized carbons (Fsp3) is 0.667. The summed E-state index contributed by atoms with van der Waals surface area (Å²) in [6, 6.07) is 0. The Morgan fingerprint density at radius 1 is 0.397 bits per heavy atom. The SMILES string of the molecule is CC/C=C\C/C=C\C/C=C\C/C=C\C/C=C\C/C=C\C/C=C\C/C=C\C/C=C\CCCCCCCCCCCCCCCC(=O)OC(COC(=O)CCCCCCC/C=C\CCCCC)COC(OCC[N+](C)(C)C)C(=O)[O-]. The Bertz CT molecular complexity index is 1690. The average molecular weight is 1090 g/mol. The van der Waals surface area contributed by atoms with Gasteiger partial charge in [0.25, 0.3) is 0 Å². The van der Waals surface area contributed by atoms with Gasteiger partial charge in [0.15, 0.2) is 12.4 Å². The molecule has 0 heterocycles. The van der Waals surface area contributed by atoms with E-state index >= 15 is 0 Å². The number of quaternary nitrogens is 1. The van der Waals surface area contributed by atoms with Gasteiger partial charge in [0, 0.05) is 12.8 Å². The summed E-state index contributed by atoms with van der Waals surface area (Å²) >= 11 is 0. The Kier molecular flexibility index (Phi) is 55.6. The van der Waals surface area contributed by atoms with Crippen LogP contribution < -0.4 is 5.11 Å². The van der Waals surface area contributed by atoms with Crippen LogP contribution >= 0.6 is 0 Å². The Morgan fingerprint density at radius 2 is 0.731 bits per heavy atom. The molecule has 0 fully saturated rings. The first-order valence-corrected chi connectivity index (χ1v) is 31.2. The van der Waals surface area contributed by atoms with Crippen molar-refractivity contribution in [2.45, 2.75) is 251 Å². The van der Waals surface area contributed by atoms with E-state index < -0.39 is 24.3 Å². The van der Waals surface area contributed by atoms with Crippen LogP contribution in [0.15, 0.2) is 122 Å². The number of ether oxygens (including phenoxy) is 4. The molecule has 0 aliphatic carbocycles. The summed E-state index contributed by atoms with van der Waals surface area (Å²) in [6.45, 7) is 4.58. The van der Waals surface area contributed by atoms with Crippen LogP contribution in [-0.2, 0) is 33.3 Å². The van der Waals surface area contributed by atoms with E-state index in [9.17, 15) is 19.5 Å². The van der Waals surface area contributed by atoms with E-state index in [0.29, 0.717) is 17.4 Å². The molecule has 0 spiro atoms. The van der Waals surface area contributed by atoms with Gasteiger partial charge in [-0.15, -0.1) is 0 Å². The summed E-state index contributed by atoms with van der Waals surface area (Å²) in [5.41, 5.74) is 0. The molecular formula is C69H115NO8. The van der Waals surface area contributed by atoms with Crippen molar-refractivity contribution < 1.29 is 42.9 Å². The maximum atomic E-state index is 12.9. The van der Waals surface area contributed by atoms with Gasteiger partial charge >= 0.3 is 11.9 Å². The molecule has 0 bridgehead atoms.